The lowest BCUT2D eigenvalue weighted by Gasteiger charge is -2.19. The molecule has 2 N–H and O–H groups in total. The maximum Gasteiger partial charge on any atom is 0.123 e. The molecule has 1 aromatic rings. The topological polar surface area (TPSA) is 51.4 Å². The summed E-state index contributed by atoms with van der Waals surface area (Å²) in [5.41, 5.74) is 6.75. The number of nitrogens with two attached hydrogens (primary N) is 1. The molecule has 2 aliphatic heterocycles. The SMILES string of the molecule is Nc1ccc(N2CC3COC[C@H]3C2)cn1. The molecule has 4 heteroatoms. The molecule has 80 valence electrons. The minimum Gasteiger partial charge on any atom is -0.384 e. The summed E-state index contributed by atoms with van der Waals surface area (Å²) < 4.78 is 5.45. The van der Waals surface area contributed by atoms with Crippen molar-refractivity contribution in [2.45, 2.75) is 0 Å². The lowest BCUT2D eigenvalue weighted by molar-refractivity contribution is 0.177. The lowest BCUT2D eigenvalue weighted by Crippen LogP contribution is -2.22. The van der Waals surface area contributed by atoms with Crippen LogP contribution in [0.1, 0.15) is 0 Å². The van der Waals surface area contributed by atoms with Gasteiger partial charge in [0.1, 0.15) is 5.82 Å². The van der Waals surface area contributed by atoms with E-state index in [4.69, 9.17) is 10.5 Å². The number of rotatable bonds is 1. The first-order valence-corrected chi connectivity index (χ1v) is 5.37. The van der Waals surface area contributed by atoms with Gasteiger partial charge in [-0.3, -0.25) is 0 Å². The van der Waals surface area contributed by atoms with Crippen LogP contribution in [0.4, 0.5) is 11.5 Å². The van der Waals surface area contributed by atoms with Crippen molar-refractivity contribution in [2.24, 2.45) is 11.8 Å². The first-order valence-electron chi connectivity index (χ1n) is 5.37. The summed E-state index contributed by atoms with van der Waals surface area (Å²) in [7, 11) is 0. The van der Waals surface area contributed by atoms with E-state index >= 15 is 0 Å². The molecule has 0 saturated carbocycles. The van der Waals surface area contributed by atoms with Crippen molar-refractivity contribution in [2.75, 3.05) is 36.9 Å². The van der Waals surface area contributed by atoms with Crippen LogP contribution in [0, 0.1) is 11.8 Å². The summed E-state index contributed by atoms with van der Waals surface area (Å²) >= 11 is 0. The quantitative estimate of drug-likeness (QED) is 0.735. The molecule has 0 radical (unpaired) electrons. The van der Waals surface area contributed by atoms with Crippen LogP contribution in [0.2, 0.25) is 0 Å². The number of anilines is 2. The average Bonchev–Trinajstić information content (AvgIpc) is 2.78. The Morgan fingerprint density at radius 1 is 1.27 bits per heavy atom. The summed E-state index contributed by atoms with van der Waals surface area (Å²) in [6, 6.07) is 3.91. The van der Waals surface area contributed by atoms with Gasteiger partial charge in [0.15, 0.2) is 0 Å². The van der Waals surface area contributed by atoms with Gasteiger partial charge in [-0.25, -0.2) is 4.98 Å². The van der Waals surface area contributed by atoms with Crippen molar-refractivity contribution in [1.29, 1.82) is 0 Å². The molecule has 0 bridgehead atoms. The number of fused-ring (bicyclic) bond motifs is 1. The van der Waals surface area contributed by atoms with E-state index in [2.05, 4.69) is 9.88 Å². The summed E-state index contributed by atoms with van der Waals surface area (Å²) in [4.78, 5) is 6.50. The standard InChI is InChI=1S/C11H15N3O/c12-11-2-1-10(3-13-11)14-4-8-6-15-7-9(8)5-14/h1-3,8-9H,4-7H2,(H2,12,13)/t8-,9?/m1/s1. The molecule has 1 aromatic heterocycles. The highest BCUT2D eigenvalue weighted by molar-refractivity contribution is 5.49. The zero-order chi connectivity index (χ0) is 10.3. The normalized spacial score (nSPS) is 29.5. The predicted molar refractivity (Wildman–Crippen MR) is 58.7 cm³/mol. The number of nitrogen functional groups attached to an aromatic ring is 1. The van der Waals surface area contributed by atoms with Gasteiger partial charge in [0, 0.05) is 24.9 Å². The first-order chi connectivity index (χ1) is 7.33. The zero-order valence-electron chi connectivity index (χ0n) is 8.60. The Labute approximate surface area is 89.0 Å². The third-order valence-electron chi connectivity index (χ3n) is 3.38. The maximum absolute atomic E-state index is 5.57. The molecule has 3 rings (SSSR count). The predicted octanol–water partition coefficient (Wildman–Crippen LogP) is 0.746. The zero-order valence-corrected chi connectivity index (χ0v) is 8.60. The molecule has 0 spiro atoms. The first kappa shape index (κ1) is 8.97. The lowest BCUT2D eigenvalue weighted by atomic mass is 10.0. The van der Waals surface area contributed by atoms with Gasteiger partial charge in [-0.05, 0) is 12.1 Å². The third-order valence-corrected chi connectivity index (χ3v) is 3.38. The van der Waals surface area contributed by atoms with Crippen molar-refractivity contribution < 1.29 is 4.74 Å². The Bertz CT molecular complexity index is 339. The van der Waals surface area contributed by atoms with E-state index in [1.807, 2.05) is 18.3 Å². The second-order valence-corrected chi connectivity index (χ2v) is 4.40. The molecule has 2 aliphatic rings. The Morgan fingerprint density at radius 3 is 2.60 bits per heavy atom. The van der Waals surface area contributed by atoms with Gasteiger partial charge < -0.3 is 15.4 Å². The van der Waals surface area contributed by atoms with Crippen LogP contribution in [-0.4, -0.2) is 31.3 Å². The van der Waals surface area contributed by atoms with E-state index in [0.29, 0.717) is 17.7 Å². The molecule has 15 heavy (non-hydrogen) atoms. The fourth-order valence-electron chi connectivity index (χ4n) is 2.48. The third kappa shape index (κ3) is 1.55. The minimum absolute atomic E-state index is 0.585. The molecule has 2 saturated heterocycles. The van der Waals surface area contributed by atoms with E-state index in [1.165, 1.54) is 5.69 Å². The Balaban J connectivity index is 1.76. The van der Waals surface area contributed by atoms with Crippen molar-refractivity contribution in [3.05, 3.63) is 18.3 Å². The summed E-state index contributed by atoms with van der Waals surface area (Å²) in [6.07, 6.45) is 1.86. The van der Waals surface area contributed by atoms with Gasteiger partial charge in [-0.1, -0.05) is 0 Å². The molecule has 2 fully saturated rings. The van der Waals surface area contributed by atoms with Crippen molar-refractivity contribution in [3.8, 4) is 0 Å². The Morgan fingerprint density at radius 2 is 2.00 bits per heavy atom. The molecule has 0 amide bonds. The van der Waals surface area contributed by atoms with Gasteiger partial charge in [-0.15, -0.1) is 0 Å². The number of hydrogen-bond acceptors (Lipinski definition) is 4. The number of aromatic nitrogens is 1. The minimum atomic E-state index is 0.585. The monoisotopic (exact) mass is 205 g/mol. The van der Waals surface area contributed by atoms with Gasteiger partial charge in [0.25, 0.3) is 0 Å². The fourth-order valence-corrected chi connectivity index (χ4v) is 2.48. The Kier molecular flexibility index (Phi) is 2.02. The Hall–Kier alpha value is -1.29. The van der Waals surface area contributed by atoms with Crippen molar-refractivity contribution in [3.63, 3.8) is 0 Å². The number of ether oxygens (including phenoxy) is 1. The van der Waals surface area contributed by atoms with Crippen LogP contribution in [0.3, 0.4) is 0 Å². The van der Waals surface area contributed by atoms with Gasteiger partial charge in [0.2, 0.25) is 0 Å². The molecule has 2 atom stereocenters. The molecular formula is C11H15N3O. The highest BCUT2D eigenvalue weighted by atomic mass is 16.5. The smallest absolute Gasteiger partial charge is 0.123 e. The van der Waals surface area contributed by atoms with Gasteiger partial charge in [-0.2, -0.15) is 0 Å². The van der Waals surface area contributed by atoms with Crippen LogP contribution in [0.25, 0.3) is 0 Å². The van der Waals surface area contributed by atoms with Crippen LogP contribution < -0.4 is 10.6 Å². The van der Waals surface area contributed by atoms with E-state index in [1.54, 1.807) is 0 Å². The van der Waals surface area contributed by atoms with E-state index < -0.39 is 0 Å². The molecule has 3 heterocycles. The highest BCUT2D eigenvalue weighted by Gasteiger charge is 2.37. The van der Waals surface area contributed by atoms with E-state index in [9.17, 15) is 0 Å². The largest absolute Gasteiger partial charge is 0.384 e. The summed E-state index contributed by atoms with van der Waals surface area (Å²) in [5.74, 6) is 2.01. The van der Waals surface area contributed by atoms with Crippen molar-refractivity contribution in [1.82, 2.24) is 4.98 Å². The average molecular weight is 205 g/mol. The second kappa shape index (κ2) is 3.38. The van der Waals surface area contributed by atoms with Gasteiger partial charge >= 0.3 is 0 Å². The van der Waals surface area contributed by atoms with Crippen LogP contribution in [0.15, 0.2) is 18.3 Å². The summed E-state index contributed by atoms with van der Waals surface area (Å²) in [6.45, 7) is 4.03. The van der Waals surface area contributed by atoms with E-state index in [-0.39, 0.29) is 0 Å². The van der Waals surface area contributed by atoms with Crippen LogP contribution in [0.5, 0.6) is 0 Å². The van der Waals surface area contributed by atoms with Crippen molar-refractivity contribution >= 4 is 11.5 Å². The maximum atomic E-state index is 5.57. The number of nitrogens with zero attached hydrogens (tertiary/aromatic N) is 2. The van der Waals surface area contributed by atoms with Crippen LogP contribution >= 0.6 is 0 Å². The summed E-state index contributed by atoms with van der Waals surface area (Å²) in [5, 5.41) is 0. The molecule has 4 nitrogen and oxygen atoms in total. The van der Waals surface area contributed by atoms with Crippen LogP contribution in [-0.2, 0) is 4.74 Å². The van der Waals surface area contributed by atoms with E-state index in [0.717, 1.165) is 26.3 Å². The molecule has 1 unspecified atom stereocenters. The second-order valence-electron chi connectivity index (χ2n) is 4.40. The molecule has 0 aromatic carbocycles. The molecular weight excluding hydrogens is 190 g/mol. The molecule has 0 aliphatic carbocycles. The number of hydrogen-bond donors (Lipinski definition) is 1. The van der Waals surface area contributed by atoms with Gasteiger partial charge in [0.05, 0.1) is 25.1 Å². The number of pyridine rings is 1. The fraction of sp³-hybridized carbons (Fsp3) is 0.545. The highest BCUT2D eigenvalue weighted by Crippen LogP contribution is 2.32.